The second-order valence-corrected chi connectivity index (χ2v) is 4.13. The summed E-state index contributed by atoms with van der Waals surface area (Å²) in [6, 6.07) is 9.92. The smallest absolute Gasteiger partial charge is 0.108 e. The van der Waals surface area contributed by atoms with Crippen LogP contribution in [0.1, 0.15) is 38.4 Å². The van der Waals surface area contributed by atoms with Gasteiger partial charge in [0.15, 0.2) is 0 Å². The van der Waals surface area contributed by atoms with Gasteiger partial charge in [-0.3, -0.25) is 0 Å². The number of hydrogen-bond acceptors (Lipinski definition) is 2. The summed E-state index contributed by atoms with van der Waals surface area (Å²) in [5, 5.41) is 10.3. The molecule has 1 N–H and O–H groups in total. The Balaban J connectivity index is 2.82. The van der Waals surface area contributed by atoms with E-state index in [1.54, 1.807) is 7.11 Å². The van der Waals surface area contributed by atoms with Crippen LogP contribution < -0.4 is 0 Å². The molecule has 0 fully saturated rings. The second-order valence-electron chi connectivity index (χ2n) is 4.13. The normalized spacial score (nSPS) is 15.1. The Morgan fingerprint density at radius 2 is 1.69 bits per heavy atom. The van der Waals surface area contributed by atoms with Crippen molar-refractivity contribution in [2.24, 2.45) is 5.92 Å². The monoisotopic (exact) mass is 222 g/mol. The molecule has 0 saturated heterocycles. The lowest BCUT2D eigenvalue weighted by Crippen LogP contribution is -2.28. The average molecular weight is 222 g/mol. The van der Waals surface area contributed by atoms with E-state index in [-0.39, 0.29) is 6.10 Å². The zero-order chi connectivity index (χ0) is 12.0. The Hall–Kier alpha value is -0.860. The number of ether oxygens (including phenoxy) is 1. The summed E-state index contributed by atoms with van der Waals surface area (Å²) in [6.45, 7) is 4.21. The highest BCUT2D eigenvalue weighted by Gasteiger charge is 2.26. The van der Waals surface area contributed by atoms with Crippen molar-refractivity contribution in [1.29, 1.82) is 0 Å². The summed E-state index contributed by atoms with van der Waals surface area (Å²) < 4.78 is 5.43. The van der Waals surface area contributed by atoms with Crippen LogP contribution in [-0.2, 0) is 4.74 Å². The third kappa shape index (κ3) is 3.06. The summed E-state index contributed by atoms with van der Waals surface area (Å²) >= 11 is 0. The fraction of sp³-hybridized carbons (Fsp3) is 0.571. The topological polar surface area (TPSA) is 29.5 Å². The van der Waals surface area contributed by atoms with Crippen molar-refractivity contribution in [3.8, 4) is 0 Å². The predicted molar refractivity (Wildman–Crippen MR) is 66.3 cm³/mol. The molecule has 0 bridgehead atoms. The van der Waals surface area contributed by atoms with Crippen molar-refractivity contribution in [2.45, 2.75) is 38.9 Å². The Morgan fingerprint density at radius 3 is 2.12 bits per heavy atom. The molecule has 0 saturated carbocycles. The molecule has 0 spiro atoms. The van der Waals surface area contributed by atoms with E-state index in [2.05, 4.69) is 13.8 Å². The molecule has 90 valence electrons. The van der Waals surface area contributed by atoms with Crippen molar-refractivity contribution in [3.63, 3.8) is 0 Å². The molecular formula is C14H22O2. The lowest BCUT2D eigenvalue weighted by Gasteiger charge is -2.28. The number of hydrogen-bond donors (Lipinski definition) is 1. The minimum Gasteiger partial charge on any atom is -0.390 e. The molecule has 2 atom stereocenters. The maximum atomic E-state index is 10.3. The molecule has 0 aliphatic rings. The molecule has 0 radical (unpaired) electrons. The van der Waals surface area contributed by atoms with E-state index in [1.807, 2.05) is 30.3 Å². The van der Waals surface area contributed by atoms with Crippen LogP contribution in [0, 0.1) is 5.92 Å². The summed E-state index contributed by atoms with van der Waals surface area (Å²) in [6.07, 6.45) is 1.31. The molecule has 0 heterocycles. The van der Waals surface area contributed by atoms with Crippen LogP contribution in [0.3, 0.4) is 0 Å². The van der Waals surface area contributed by atoms with Crippen LogP contribution in [-0.4, -0.2) is 18.3 Å². The first-order valence-corrected chi connectivity index (χ1v) is 6.00. The van der Waals surface area contributed by atoms with Crippen molar-refractivity contribution in [1.82, 2.24) is 0 Å². The van der Waals surface area contributed by atoms with Gasteiger partial charge in [0.2, 0.25) is 0 Å². The molecule has 0 aromatic heterocycles. The van der Waals surface area contributed by atoms with Gasteiger partial charge in [-0.15, -0.1) is 0 Å². The van der Waals surface area contributed by atoms with Gasteiger partial charge in [0, 0.05) is 7.11 Å². The summed E-state index contributed by atoms with van der Waals surface area (Å²) in [4.78, 5) is 0. The summed E-state index contributed by atoms with van der Waals surface area (Å²) in [5.41, 5.74) is 1.05. The van der Waals surface area contributed by atoms with Gasteiger partial charge in [0.05, 0.1) is 6.10 Å². The largest absolute Gasteiger partial charge is 0.390 e. The van der Waals surface area contributed by atoms with E-state index in [9.17, 15) is 5.11 Å². The number of methoxy groups -OCH3 is 1. The molecule has 0 amide bonds. The van der Waals surface area contributed by atoms with E-state index in [0.717, 1.165) is 18.4 Å². The van der Waals surface area contributed by atoms with Gasteiger partial charge in [-0.1, -0.05) is 57.0 Å². The molecule has 1 aromatic rings. The molecule has 0 aliphatic heterocycles. The minimum atomic E-state index is -0.428. The molecule has 2 heteroatoms. The van der Waals surface area contributed by atoms with Crippen molar-refractivity contribution in [2.75, 3.05) is 7.11 Å². The maximum absolute atomic E-state index is 10.3. The lowest BCUT2D eigenvalue weighted by atomic mass is 9.89. The van der Waals surface area contributed by atoms with Gasteiger partial charge < -0.3 is 9.84 Å². The predicted octanol–water partition coefficient (Wildman–Crippen LogP) is 3.17. The van der Waals surface area contributed by atoms with Crippen molar-refractivity contribution in [3.05, 3.63) is 35.9 Å². The third-order valence-corrected chi connectivity index (χ3v) is 3.22. The van der Waals surface area contributed by atoms with Crippen LogP contribution in [0.15, 0.2) is 30.3 Å². The lowest BCUT2D eigenvalue weighted by molar-refractivity contribution is -0.0453. The molecule has 2 nitrogen and oxygen atoms in total. The van der Waals surface area contributed by atoms with Gasteiger partial charge in [-0.25, -0.2) is 0 Å². The second kappa shape index (κ2) is 6.66. The number of benzene rings is 1. The Bertz CT molecular complexity index is 280. The van der Waals surface area contributed by atoms with Gasteiger partial charge in [0.1, 0.15) is 6.10 Å². The van der Waals surface area contributed by atoms with E-state index < -0.39 is 6.10 Å². The van der Waals surface area contributed by atoms with Gasteiger partial charge in [-0.05, 0) is 11.5 Å². The molecule has 2 unspecified atom stereocenters. The van der Waals surface area contributed by atoms with Crippen molar-refractivity contribution < 1.29 is 9.84 Å². The quantitative estimate of drug-likeness (QED) is 0.801. The number of aliphatic hydroxyl groups excluding tert-OH is 1. The zero-order valence-electron chi connectivity index (χ0n) is 10.4. The molecule has 0 aliphatic carbocycles. The van der Waals surface area contributed by atoms with Gasteiger partial charge in [-0.2, -0.15) is 0 Å². The minimum absolute atomic E-state index is 0.217. The SMILES string of the molecule is CCC(CC)C(O)C(OC)c1ccccc1. The first-order chi connectivity index (χ1) is 7.74. The van der Waals surface area contributed by atoms with E-state index in [1.165, 1.54) is 0 Å². The highest BCUT2D eigenvalue weighted by Crippen LogP contribution is 2.28. The van der Waals surface area contributed by atoms with E-state index >= 15 is 0 Å². The summed E-state index contributed by atoms with van der Waals surface area (Å²) in [7, 11) is 1.66. The first kappa shape index (κ1) is 13.2. The van der Waals surface area contributed by atoms with Crippen LogP contribution in [0.5, 0.6) is 0 Å². The maximum Gasteiger partial charge on any atom is 0.108 e. The Labute approximate surface area is 98.3 Å². The standard InChI is InChI=1S/C14H22O2/c1-4-11(5-2)13(15)14(16-3)12-9-7-6-8-10-12/h6-11,13-15H,4-5H2,1-3H3. The zero-order valence-corrected chi connectivity index (χ0v) is 10.4. The van der Waals surface area contributed by atoms with E-state index in [0.29, 0.717) is 5.92 Å². The van der Waals surface area contributed by atoms with Crippen LogP contribution in [0.25, 0.3) is 0 Å². The fourth-order valence-electron chi connectivity index (χ4n) is 2.13. The van der Waals surface area contributed by atoms with Crippen LogP contribution in [0.2, 0.25) is 0 Å². The van der Waals surface area contributed by atoms with Gasteiger partial charge >= 0.3 is 0 Å². The third-order valence-electron chi connectivity index (χ3n) is 3.22. The van der Waals surface area contributed by atoms with E-state index in [4.69, 9.17) is 4.74 Å². The number of rotatable bonds is 6. The molecule has 1 aromatic carbocycles. The summed E-state index contributed by atoms with van der Waals surface area (Å²) in [5.74, 6) is 0.296. The Kier molecular flexibility index (Phi) is 5.50. The molecule has 1 rings (SSSR count). The highest BCUT2D eigenvalue weighted by molar-refractivity contribution is 5.18. The number of aliphatic hydroxyl groups is 1. The fourth-order valence-corrected chi connectivity index (χ4v) is 2.13. The van der Waals surface area contributed by atoms with Gasteiger partial charge in [0.25, 0.3) is 0 Å². The molecular weight excluding hydrogens is 200 g/mol. The highest BCUT2D eigenvalue weighted by atomic mass is 16.5. The Morgan fingerprint density at radius 1 is 1.12 bits per heavy atom. The van der Waals surface area contributed by atoms with Crippen LogP contribution >= 0.6 is 0 Å². The first-order valence-electron chi connectivity index (χ1n) is 6.00. The van der Waals surface area contributed by atoms with Crippen LogP contribution in [0.4, 0.5) is 0 Å². The molecule has 16 heavy (non-hydrogen) atoms. The van der Waals surface area contributed by atoms with Crippen molar-refractivity contribution >= 4 is 0 Å². The average Bonchev–Trinajstić information content (AvgIpc) is 2.33.